The number of hydrogen-bond donors (Lipinski definition) is 1. The predicted molar refractivity (Wildman–Crippen MR) is 92.4 cm³/mol. The molecule has 0 amide bonds. The van der Waals surface area contributed by atoms with E-state index in [4.69, 9.17) is 19.8 Å². The highest BCUT2D eigenvalue weighted by Gasteiger charge is 2.52. The van der Waals surface area contributed by atoms with Gasteiger partial charge in [0.05, 0.1) is 25.4 Å². The minimum absolute atomic E-state index is 0.364. The second kappa shape index (κ2) is 6.74. The monoisotopic (exact) mass is 335 g/mol. The number of benzene rings is 1. The van der Waals surface area contributed by atoms with Crippen molar-refractivity contribution in [1.82, 2.24) is 0 Å². The Labute approximate surface area is 143 Å². The third kappa shape index (κ3) is 3.58. The van der Waals surface area contributed by atoms with Crippen LogP contribution in [0.25, 0.3) is 0 Å². The molecule has 0 saturated carbocycles. The van der Waals surface area contributed by atoms with Gasteiger partial charge in [0.1, 0.15) is 11.8 Å². The number of hydrogen-bond acceptors (Lipinski definition) is 6. The molecule has 0 radical (unpaired) electrons. The highest BCUT2D eigenvalue weighted by Crippen LogP contribution is 2.37. The highest BCUT2D eigenvalue weighted by atomic mass is 16.7. The third-order valence-corrected chi connectivity index (χ3v) is 4.76. The number of methoxy groups -OCH3 is 2. The molecule has 1 aliphatic heterocycles. The van der Waals surface area contributed by atoms with Gasteiger partial charge < -0.3 is 24.5 Å². The summed E-state index contributed by atoms with van der Waals surface area (Å²) in [6.45, 7) is 7.99. The molecular weight excluding hydrogens is 309 g/mol. The van der Waals surface area contributed by atoms with Gasteiger partial charge >= 0.3 is 13.1 Å². The standard InChI is InChI=1S/C17H26BNO5/c1-16(2)17(3,4)24-18(23-16)12-9-11(7-8-14(12)21-5)10-13(19)15(20)22-6/h7-9,13H,10,19H2,1-6H3. The van der Waals surface area contributed by atoms with Crippen molar-refractivity contribution in [3.05, 3.63) is 23.8 Å². The molecule has 1 saturated heterocycles. The molecule has 0 bridgehead atoms. The molecule has 1 aromatic rings. The maximum absolute atomic E-state index is 11.5. The summed E-state index contributed by atoms with van der Waals surface area (Å²) in [5.41, 5.74) is 6.64. The zero-order chi connectivity index (χ0) is 18.1. The average molecular weight is 335 g/mol. The van der Waals surface area contributed by atoms with E-state index in [2.05, 4.69) is 4.74 Å². The Hall–Kier alpha value is -1.57. The van der Waals surface area contributed by atoms with E-state index in [0.717, 1.165) is 11.0 Å². The molecule has 2 rings (SSSR count). The van der Waals surface area contributed by atoms with Crippen molar-refractivity contribution < 1.29 is 23.6 Å². The highest BCUT2D eigenvalue weighted by molar-refractivity contribution is 6.63. The van der Waals surface area contributed by atoms with Crippen LogP contribution in [-0.2, 0) is 25.3 Å². The molecule has 2 N–H and O–H groups in total. The average Bonchev–Trinajstić information content (AvgIpc) is 2.74. The molecule has 1 aromatic carbocycles. The predicted octanol–water partition coefficient (Wildman–Crippen LogP) is 1.04. The van der Waals surface area contributed by atoms with Gasteiger partial charge in [0.25, 0.3) is 0 Å². The summed E-state index contributed by atoms with van der Waals surface area (Å²) >= 11 is 0. The second-order valence-corrected chi connectivity index (χ2v) is 7.00. The maximum Gasteiger partial charge on any atom is 0.498 e. The van der Waals surface area contributed by atoms with Crippen molar-refractivity contribution in [2.75, 3.05) is 14.2 Å². The lowest BCUT2D eigenvalue weighted by Gasteiger charge is -2.32. The van der Waals surface area contributed by atoms with Crippen molar-refractivity contribution in [1.29, 1.82) is 0 Å². The van der Waals surface area contributed by atoms with Crippen molar-refractivity contribution >= 4 is 18.6 Å². The number of rotatable bonds is 5. The first-order valence-electron chi connectivity index (χ1n) is 7.97. The fourth-order valence-corrected chi connectivity index (χ4v) is 2.55. The molecule has 1 heterocycles. The fourth-order valence-electron chi connectivity index (χ4n) is 2.55. The van der Waals surface area contributed by atoms with Crippen LogP contribution in [0.2, 0.25) is 0 Å². The van der Waals surface area contributed by atoms with Crippen LogP contribution in [-0.4, -0.2) is 44.6 Å². The van der Waals surface area contributed by atoms with E-state index in [-0.39, 0.29) is 0 Å². The number of nitrogens with two attached hydrogens (primary N) is 1. The summed E-state index contributed by atoms with van der Waals surface area (Å²) in [6.07, 6.45) is 0.364. The number of ether oxygens (including phenoxy) is 2. The van der Waals surface area contributed by atoms with Crippen molar-refractivity contribution in [2.24, 2.45) is 5.73 Å². The van der Waals surface area contributed by atoms with Crippen LogP contribution in [0.4, 0.5) is 0 Å². The molecular formula is C17H26BNO5. The lowest BCUT2D eigenvalue weighted by atomic mass is 9.77. The van der Waals surface area contributed by atoms with Gasteiger partial charge in [-0.15, -0.1) is 0 Å². The molecule has 0 aromatic heterocycles. The van der Waals surface area contributed by atoms with Crippen LogP contribution < -0.4 is 15.9 Å². The minimum atomic E-state index is -0.713. The summed E-state index contributed by atoms with van der Waals surface area (Å²) < 4.78 is 22.3. The smallest absolute Gasteiger partial charge is 0.497 e. The van der Waals surface area contributed by atoms with Gasteiger partial charge in [-0.05, 0) is 45.7 Å². The summed E-state index contributed by atoms with van der Waals surface area (Å²) in [6, 6.07) is 4.90. The quantitative estimate of drug-likeness (QED) is 0.640. The Morgan fingerprint density at radius 3 is 2.29 bits per heavy atom. The van der Waals surface area contributed by atoms with Gasteiger partial charge in [-0.3, -0.25) is 4.79 Å². The fraction of sp³-hybridized carbons (Fsp3) is 0.588. The van der Waals surface area contributed by atoms with Gasteiger partial charge in [0.15, 0.2) is 0 Å². The van der Waals surface area contributed by atoms with E-state index in [1.54, 1.807) is 7.11 Å². The Bertz CT molecular complexity index is 601. The van der Waals surface area contributed by atoms with Crippen molar-refractivity contribution in [3.63, 3.8) is 0 Å². The summed E-state index contributed by atoms with van der Waals surface area (Å²) in [4.78, 5) is 11.5. The zero-order valence-corrected chi connectivity index (χ0v) is 15.2. The molecule has 24 heavy (non-hydrogen) atoms. The van der Waals surface area contributed by atoms with Gasteiger partial charge in [-0.25, -0.2) is 0 Å². The van der Waals surface area contributed by atoms with Crippen LogP contribution in [0.15, 0.2) is 18.2 Å². The maximum atomic E-state index is 11.5. The summed E-state index contributed by atoms with van der Waals surface area (Å²) in [5, 5.41) is 0. The topological polar surface area (TPSA) is 80.0 Å². The van der Waals surface area contributed by atoms with Crippen LogP contribution in [0.1, 0.15) is 33.3 Å². The first-order chi connectivity index (χ1) is 11.1. The van der Waals surface area contributed by atoms with Gasteiger partial charge in [0.2, 0.25) is 0 Å². The second-order valence-electron chi connectivity index (χ2n) is 7.00. The number of esters is 1. The van der Waals surface area contributed by atoms with E-state index < -0.39 is 30.3 Å². The Morgan fingerprint density at radius 2 is 1.79 bits per heavy atom. The van der Waals surface area contributed by atoms with E-state index in [0.29, 0.717) is 12.2 Å². The van der Waals surface area contributed by atoms with E-state index in [1.165, 1.54) is 7.11 Å². The minimum Gasteiger partial charge on any atom is -0.497 e. The normalized spacial score (nSPS) is 19.9. The van der Waals surface area contributed by atoms with Gasteiger partial charge in [-0.2, -0.15) is 0 Å². The molecule has 1 atom stereocenters. The lowest BCUT2D eigenvalue weighted by Crippen LogP contribution is -2.41. The van der Waals surface area contributed by atoms with Crippen molar-refractivity contribution in [2.45, 2.75) is 51.4 Å². The van der Waals surface area contributed by atoms with E-state index in [1.807, 2.05) is 45.9 Å². The Kier molecular flexibility index (Phi) is 5.27. The molecule has 1 unspecified atom stereocenters. The molecule has 7 heteroatoms. The molecule has 1 fully saturated rings. The number of carbonyl (C=O) groups excluding carboxylic acids is 1. The molecule has 1 aliphatic rings. The lowest BCUT2D eigenvalue weighted by molar-refractivity contribution is -0.142. The molecule has 0 aliphatic carbocycles. The van der Waals surface area contributed by atoms with Crippen LogP contribution in [0.5, 0.6) is 5.75 Å². The Balaban J connectivity index is 2.29. The SMILES string of the molecule is COC(=O)C(N)Cc1ccc(OC)c(B2OC(C)(C)C(C)(C)O2)c1. The van der Waals surface area contributed by atoms with Gasteiger partial charge in [-0.1, -0.05) is 12.1 Å². The van der Waals surface area contributed by atoms with E-state index in [9.17, 15) is 4.79 Å². The Morgan fingerprint density at radius 1 is 1.21 bits per heavy atom. The van der Waals surface area contributed by atoms with Crippen LogP contribution in [0, 0.1) is 0 Å². The van der Waals surface area contributed by atoms with Crippen molar-refractivity contribution in [3.8, 4) is 5.75 Å². The molecule has 0 spiro atoms. The van der Waals surface area contributed by atoms with E-state index >= 15 is 0 Å². The summed E-state index contributed by atoms with van der Waals surface area (Å²) in [7, 11) is 2.38. The molecule has 132 valence electrons. The first-order valence-corrected chi connectivity index (χ1v) is 7.97. The molecule has 6 nitrogen and oxygen atoms in total. The third-order valence-electron chi connectivity index (χ3n) is 4.76. The largest absolute Gasteiger partial charge is 0.498 e. The van der Waals surface area contributed by atoms with Crippen LogP contribution >= 0.6 is 0 Å². The zero-order valence-electron chi connectivity index (χ0n) is 15.2. The number of carbonyl (C=O) groups is 1. The van der Waals surface area contributed by atoms with Crippen LogP contribution in [0.3, 0.4) is 0 Å². The van der Waals surface area contributed by atoms with Gasteiger partial charge in [0, 0.05) is 5.46 Å². The first kappa shape index (κ1) is 18.8. The summed E-state index contributed by atoms with van der Waals surface area (Å²) in [5.74, 6) is 0.229.